The average molecular weight is 331 g/mol. The molecule has 0 spiro atoms. The first-order valence-electron chi connectivity index (χ1n) is 7.52. The molecule has 1 unspecified atom stereocenters. The molecule has 0 saturated heterocycles. The van der Waals surface area contributed by atoms with Gasteiger partial charge in [-0.05, 0) is 30.0 Å². The minimum absolute atomic E-state index is 0.0327. The van der Waals surface area contributed by atoms with Crippen molar-refractivity contribution in [1.29, 1.82) is 0 Å². The van der Waals surface area contributed by atoms with E-state index < -0.39 is 10.0 Å². The molecule has 5 heteroatoms. The lowest BCUT2D eigenvalue weighted by Gasteiger charge is -2.17. The van der Waals surface area contributed by atoms with Crippen LogP contribution in [0.15, 0.2) is 66.1 Å². The lowest BCUT2D eigenvalue weighted by molar-refractivity contribution is 0.278. The van der Waals surface area contributed by atoms with Crippen molar-refractivity contribution in [3.05, 3.63) is 77.2 Å². The van der Waals surface area contributed by atoms with Gasteiger partial charge in [-0.3, -0.25) is 0 Å². The number of aliphatic hydroxyl groups excluding tert-OH is 1. The Balaban J connectivity index is 2.12. The van der Waals surface area contributed by atoms with Crippen molar-refractivity contribution in [2.75, 3.05) is 6.61 Å². The van der Waals surface area contributed by atoms with Crippen LogP contribution in [0.25, 0.3) is 6.08 Å². The lowest BCUT2D eigenvalue weighted by Crippen LogP contribution is -2.27. The maximum absolute atomic E-state index is 12.3. The molecule has 0 radical (unpaired) electrons. The van der Waals surface area contributed by atoms with E-state index in [0.29, 0.717) is 12.8 Å². The van der Waals surface area contributed by atoms with Gasteiger partial charge in [0, 0.05) is 18.1 Å². The number of nitrogens with one attached hydrogen (secondary N) is 1. The van der Waals surface area contributed by atoms with Crippen LogP contribution in [-0.2, 0) is 10.0 Å². The fourth-order valence-electron chi connectivity index (χ4n) is 2.24. The predicted molar refractivity (Wildman–Crippen MR) is 93.0 cm³/mol. The van der Waals surface area contributed by atoms with Crippen molar-refractivity contribution in [1.82, 2.24) is 4.72 Å². The second kappa shape index (κ2) is 8.62. The summed E-state index contributed by atoms with van der Waals surface area (Å²) in [5, 5.41) is 10.2. The fourth-order valence-corrected chi connectivity index (χ4v) is 3.31. The standard InChI is InChI=1S/C18H21NO3S/c20-14-7-12-18(17-10-5-2-6-11-17)19-23(21,22)15-13-16-8-3-1-4-9-16/h1-6,8-11,13,15,18-20H,7,12,14H2/b15-13+. The summed E-state index contributed by atoms with van der Waals surface area (Å²) in [5.41, 5.74) is 1.71. The highest BCUT2D eigenvalue weighted by Gasteiger charge is 2.17. The van der Waals surface area contributed by atoms with Crippen LogP contribution in [0.1, 0.15) is 30.0 Å². The number of sulfonamides is 1. The third kappa shape index (κ3) is 5.98. The Morgan fingerprint density at radius 2 is 1.61 bits per heavy atom. The number of rotatable bonds is 8. The van der Waals surface area contributed by atoms with Crippen LogP contribution in [0, 0.1) is 0 Å². The maximum atomic E-state index is 12.3. The molecule has 0 aromatic heterocycles. The molecule has 0 amide bonds. The van der Waals surface area contributed by atoms with E-state index in [-0.39, 0.29) is 12.6 Å². The van der Waals surface area contributed by atoms with E-state index >= 15 is 0 Å². The summed E-state index contributed by atoms with van der Waals surface area (Å²) < 4.78 is 27.3. The minimum Gasteiger partial charge on any atom is -0.396 e. The molecule has 2 aromatic rings. The molecule has 0 bridgehead atoms. The van der Waals surface area contributed by atoms with Crippen LogP contribution in [0.2, 0.25) is 0 Å². The van der Waals surface area contributed by atoms with Crippen molar-refractivity contribution in [3.63, 3.8) is 0 Å². The topological polar surface area (TPSA) is 66.4 Å². The Bertz CT molecular complexity index is 712. The maximum Gasteiger partial charge on any atom is 0.234 e. The smallest absolute Gasteiger partial charge is 0.234 e. The molecule has 2 N–H and O–H groups in total. The molecule has 0 fully saturated rings. The quantitative estimate of drug-likeness (QED) is 0.781. The summed E-state index contributed by atoms with van der Waals surface area (Å²) in [6.07, 6.45) is 2.64. The Hall–Kier alpha value is -1.95. The number of benzene rings is 2. The summed E-state index contributed by atoms with van der Waals surface area (Å²) in [7, 11) is -3.57. The molecule has 1 atom stereocenters. The molecule has 2 rings (SSSR count). The monoisotopic (exact) mass is 331 g/mol. The lowest BCUT2D eigenvalue weighted by atomic mass is 10.0. The summed E-state index contributed by atoms with van der Waals surface area (Å²) in [6.45, 7) is 0.0327. The van der Waals surface area contributed by atoms with Crippen LogP contribution >= 0.6 is 0 Å². The third-order valence-corrected chi connectivity index (χ3v) is 4.51. The van der Waals surface area contributed by atoms with Crippen molar-refractivity contribution < 1.29 is 13.5 Å². The zero-order valence-corrected chi connectivity index (χ0v) is 13.6. The van der Waals surface area contributed by atoms with Crippen molar-refractivity contribution >= 4 is 16.1 Å². The molecule has 0 aliphatic heterocycles. The highest BCUT2D eigenvalue weighted by atomic mass is 32.2. The summed E-state index contributed by atoms with van der Waals surface area (Å²) in [5.74, 6) is 0. The Morgan fingerprint density at radius 3 is 2.22 bits per heavy atom. The normalized spacial score (nSPS) is 13.3. The van der Waals surface area contributed by atoms with Crippen LogP contribution in [-0.4, -0.2) is 20.1 Å². The van der Waals surface area contributed by atoms with Crippen LogP contribution < -0.4 is 4.72 Å². The molecule has 2 aromatic carbocycles. The Kier molecular flexibility index (Phi) is 6.52. The van der Waals surface area contributed by atoms with Crippen LogP contribution in [0.5, 0.6) is 0 Å². The first-order chi connectivity index (χ1) is 11.1. The molecular weight excluding hydrogens is 310 g/mol. The number of aliphatic hydroxyl groups is 1. The van der Waals surface area contributed by atoms with Gasteiger partial charge in [0.25, 0.3) is 0 Å². The van der Waals surface area contributed by atoms with E-state index in [1.54, 1.807) is 6.08 Å². The Morgan fingerprint density at radius 1 is 1.00 bits per heavy atom. The van der Waals surface area contributed by atoms with Gasteiger partial charge < -0.3 is 5.11 Å². The van der Waals surface area contributed by atoms with Crippen LogP contribution in [0.4, 0.5) is 0 Å². The van der Waals surface area contributed by atoms with E-state index in [1.165, 1.54) is 5.41 Å². The third-order valence-electron chi connectivity index (χ3n) is 3.40. The van der Waals surface area contributed by atoms with Crippen LogP contribution in [0.3, 0.4) is 0 Å². The van der Waals surface area contributed by atoms with E-state index in [0.717, 1.165) is 11.1 Å². The number of hydrogen-bond acceptors (Lipinski definition) is 3. The predicted octanol–water partition coefficient (Wildman–Crippen LogP) is 3.09. The molecule has 0 aliphatic carbocycles. The van der Waals surface area contributed by atoms with Crippen molar-refractivity contribution in [3.8, 4) is 0 Å². The molecule has 23 heavy (non-hydrogen) atoms. The largest absolute Gasteiger partial charge is 0.396 e. The van der Waals surface area contributed by atoms with Gasteiger partial charge in [0.2, 0.25) is 10.0 Å². The molecule has 0 aliphatic rings. The first-order valence-corrected chi connectivity index (χ1v) is 9.06. The van der Waals surface area contributed by atoms with Gasteiger partial charge >= 0.3 is 0 Å². The van der Waals surface area contributed by atoms with Gasteiger partial charge in [-0.2, -0.15) is 0 Å². The minimum atomic E-state index is -3.57. The highest BCUT2D eigenvalue weighted by molar-refractivity contribution is 7.92. The highest BCUT2D eigenvalue weighted by Crippen LogP contribution is 2.19. The fraction of sp³-hybridized carbons (Fsp3) is 0.222. The molecule has 0 heterocycles. The van der Waals surface area contributed by atoms with Gasteiger partial charge in [0.15, 0.2) is 0 Å². The van der Waals surface area contributed by atoms with Crippen molar-refractivity contribution in [2.45, 2.75) is 18.9 Å². The SMILES string of the molecule is O=S(=O)(/C=C/c1ccccc1)NC(CCCO)c1ccccc1. The van der Waals surface area contributed by atoms with E-state index in [9.17, 15) is 8.42 Å². The second-order valence-electron chi connectivity index (χ2n) is 5.21. The van der Waals surface area contributed by atoms with Gasteiger partial charge in [-0.1, -0.05) is 60.7 Å². The zero-order valence-electron chi connectivity index (χ0n) is 12.8. The molecule has 4 nitrogen and oxygen atoms in total. The van der Waals surface area contributed by atoms with Gasteiger partial charge in [0.1, 0.15) is 0 Å². The zero-order chi connectivity index (χ0) is 16.5. The molecule has 122 valence electrons. The molecular formula is C18H21NO3S. The first kappa shape index (κ1) is 17.4. The van der Waals surface area contributed by atoms with Crippen molar-refractivity contribution in [2.24, 2.45) is 0 Å². The van der Waals surface area contributed by atoms with Gasteiger partial charge in [-0.25, -0.2) is 13.1 Å². The summed E-state index contributed by atoms with van der Waals surface area (Å²) >= 11 is 0. The van der Waals surface area contributed by atoms with Gasteiger partial charge in [-0.15, -0.1) is 0 Å². The second-order valence-corrected chi connectivity index (χ2v) is 6.80. The average Bonchev–Trinajstić information content (AvgIpc) is 2.58. The molecule has 0 saturated carbocycles. The van der Waals surface area contributed by atoms with E-state index in [2.05, 4.69) is 4.72 Å². The van der Waals surface area contributed by atoms with Gasteiger partial charge in [0.05, 0.1) is 0 Å². The number of hydrogen-bond donors (Lipinski definition) is 2. The van der Waals surface area contributed by atoms with E-state index in [4.69, 9.17) is 5.11 Å². The van der Waals surface area contributed by atoms with E-state index in [1.807, 2.05) is 60.7 Å². The Labute approximate surface area is 137 Å². The summed E-state index contributed by atoms with van der Waals surface area (Å²) in [6, 6.07) is 18.3. The summed E-state index contributed by atoms with van der Waals surface area (Å²) in [4.78, 5) is 0.